The molecule has 0 bridgehead atoms. The van der Waals surface area contributed by atoms with Gasteiger partial charge in [-0.3, -0.25) is 16.0 Å². The molecule has 12 unspecified atom stereocenters. The van der Waals surface area contributed by atoms with E-state index < -0.39 is 0 Å². The minimum absolute atomic E-state index is 0.102. The van der Waals surface area contributed by atoms with Gasteiger partial charge in [-0.25, -0.2) is 0 Å². The summed E-state index contributed by atoms with van der Waals surface area (Å²) < 4.78 is 2.71. The Hall–Kier alpha value is -4.27. The maximum atomic E-state index is 7.53. The molecular formula is C57H66N6S. The highest BCUT2D eigenvalue weighted by Gasteiger charge is 2.49. The van der Waals surface area contributed by atoms with Gasteiger partial charge >= 0.3 is 0 Å². The van der Waals surface area contributed by atoms with Crippen molar-refractivity contribution in [1.29, 1.82) is 0 Å². The lowest BCUT2D eigenvalue weighted by atomic mass is 9.73. The van der Waals surface area contributed by atoms with Crippen molar-refractivity contribution in [2.45, 2.75) is 131 Å². The fraction of sp³-hybridized carbons (Fsp3) is 0.474. The molecule has 64 heavy (non-hydrogen) atoms. The summed E-state index contributed by atoms with van der Waals surface area (Å²) >= 11 is 2.22. The molecule has 2 fully saturated rings. The Balaban J connectivity index is 0.840. The largest absolute Gasteiger partial charge is 0.397 e. The van der Waals surface area contributed by atoms with Crippen molar-refractivity contribution in [3.8, 4) is 0 Å². The summed E-state index contributed by atoms with van der Waals surface area (Å²) in [6.45, 7) is 0. The number of hydrogen-bond donors (Lipinski definition) is 4. The summed E-state index contributed by atoms with van der Waals surface area (Å²) in [4.78, 5) is 2.77. The van der Waals surface area contributed by atoms with Crippen LogP contribution in [0.5, 0.6) is 0 Å². The van der Waals surface area contributed by atoms with Crippen LogP contribution in [-0.4, -0.2) is 44.5 Å². The van der Waals surface area contributed by atoms with Crippen LogP contribution in [0.25, 0.3) is 17.5 Å². The highest BCUT2D eigenvalue weighted by molar-refractivity contribution is 8.01. The van der Waals surface area contributed by atoms with Crippen LogP contribution < -0.4 is 21.7 Å². The first kappa shape index (κ1) is 40.0. The lowest BCUT2D eigenvalue weighted by Crippen LogP contribution is -2.71. The van der Waals surface area contributed by atoms with Crippen LogP contribution in [0.4, 0.5) is 0 Å². The third kappa shape index (κ3) is 6.68. The molecule has 5 N–H and O–H groups in total. The van der Waals surface area contributed by atoms with E-state index >= 15 is 0 Å². The number of hydrogen-bond acceptors (Lipinski definition) is 6. The van der Waals surface area contributed by atoms with Gasteiger partial charge in [-0.05, 0) is 137 Å². The topological polar surface area (TPSA) is 70.3 Å². The van der Waals surface area contributed by atoms with Crippen molar-refractivity contribution in [1.82, 2.24) is 25.4 Å². The molecule has 0 amide bonds. The highest BCUT2D eigenvalue weighted by Crippen LogP contribution is 2.55. The fourth-order valence-corrected chi connectivity index (χ4v) is 16.1. The minimum Gasteiger partial charge on any atom is -0.397 e. The van der Waals surface area contributed by atoms with E-state index in [1.54, 1.807) is 16.7 Å². The number of rotatable bonds is 6. The zero-order valence-electron chi connectivity index (χ0n) is 37.4. The second-order valence-corrected chi connectivity index (χ2v) is 22.1. The quantitative estimate of drug-likeness (QED) is 0.214. The van der Waals surface area contributed by atoms with E-state index in [1.165, 1.54) is 58.9 Å². The van der Waals surface area contributed by atoms with Crippen molar-refractivity contribution in [2.24, 2.45) is 41.2 Å². The number of allylic oxidation sites excluding steroid dienone is 17. The number of fused-ring (bicyclic) bond motifs is 9. The summed E-state index contributed by atoms with van der Waals surface area (Å²) in [5, 5.41) is 14.1. The first-order valence-electron chi connectivity index (χ1n) is 25.3. The van der Waals surface area contributed by atoms with E-state index in [0.717, 1.165) is 82.7 Å². The monoisotopic (exact) mass is 867 g/mol. The standard InChI is InChI=1S/C57H66N6S/c58-46-34-37(27-30-49(46)63-47-24-12-9-20-40(47)42-29-31-50-53(54(42)63)44-23-10-13-25-48(44)62(50)38-17-5-2-6-18-38)56-59-55(36-28-32-52-45(33-36)41-21-11-14-26-51(41)64-52)60-57(61-56)43-22-8-7-19-39(43)35-15-3-1-4-16-35/h1-3,5,7-11,14-15,17,20-21,23,26,30,33-34,37,39-41,43,45,47,51-52,55-57,59-61H,4,6,12-13,16,18-19,22,24-25,27-29,31-32,58H2. The lowest BCUT2D eigenvalue weighted by Gasteiger charge is -2.48. The third-order valence-electron chi connectivity index (χ3n) is 17.3. The number of nitrogens with two attached hydrogens (primary N) is 1. The summed E-state index contributed by atoms with van der Waals surface area (Å²) in [6, 6.07) is 0.410. The van der Waals surface area contributed by atoms with Gasteiger partial charge in [0.1, 0.15) is 0 Å². The molecule has 7 heteroatoms. The summed E-state index contributed by atoms with van der Waals surface area (Å²) in [7, 11) is 0. The molecule has 9 aliphatic carbocycles. The maximum Gasteiger partial charge on any atom is 0.0818 e. The Morgan fingerprint density at radius 2 is 1.55 bits per heavy atom. The van der Waals surface area contributed by atoms with Gasteiger partial charge in [-0.2, -0.15) is 0 Å². The van der Waals surface area contributed by atoms with Gasteiger partial charge in [-0.1, -0.05) is 115 Å². The Morgan fingerprint density at radius 3 is 2.44 bits per heavy atom. The number of nitrogens with zero attached hydrogens (tertiary/aromatic N) is 2. The molecule has 12 aliphatic rings. The molecule has 13 rings (SSSR count). The highest BCUT2D eigenvalue weighted by atomic mass is 32.2. The van der Waals surface area contributed by atoms with E-state index in [0.29, 0.717) is 46.1 Å². The smallest absolute Gasteiger partial charge is 0.0818 e. The Labute approximate surface area is 385 Å². The minimum atomic E-state index is 0.102. The van der Waals surface area contributed by atoms with Gasteiger partial charge in [0, 0.05) is 56.6 Å². The normalized spacial score (nSPS) is 38.1. The molecule has 6 nitrogen and oxygen atoms in total. The second kappa shape index (κ2) is 16.6. The van der Waals surface area contributed by atoms with Crippen LogP contribution >= 0.6 is 11.8 Å². The van der Waals surface area contributed by atoms with Gasteiger partial charge in [0.05, 0.1) is 35.6 Å². The zero-order chi connectivity index (χ0) is 42.3. The van der Waals surface area contributed by atoms with E-state index in [4.69, 9.17) is 5.73 Å². The molecule has 0 spiro atoms. The summed E-state index contributed by atoms with van der Waals surface area (Å²) in [5.41, 5.74) is 23.6. The van der Waals surface area contributed by atoms with Crippen LogP contribution in [0.15, 0.2) is 137 Å². The SMILES string of the molecule is NC1=CC(C2NC(C3=CC4C(CC3)SC3C=CC=CC34)NC(C3CC=CCC3C3=CC=CCC3)N2)CC=C1N1C2=C(CCc3c2c2c(n3C3=CC=CCC3)CCC=C2)C2C=CCCC21. The molecule has 1 aromatic rings. The van der Waals surface area contributed by atoms with Crippen LogP contribution in [0.1, 0.15) is 106 Å². The molecule has 0 saturated carbocycles. The Bertz CT molecular complexity index is 2510. The van der Waals surface area contributed by atoms with Gasteiger partial charge in [0.2, 0.25) is 0 Å². The van der Waals surface area contributed by atoms with Crippen LogP contribution in [0, 0.1) is 35.5 Å². The van der Waals surface area contributed by atoms with E-state index in [1.807, 2.05) is 0 Å². The first-order valence-corrected chi connectivity index (χ1v) is 26.3. The molecule has 12 atom stereocenters. The maximum absolute atomic E-state index is 7.53. The number of thioether (sulfide) groups is 1. The van der Waals surface area contributed by atoms with Gasteiger partial charge in [0.15, 0.2) is 0 Å². The number of nitrogens with one attached hydrogen (secondary N) is 3. The van der Waals surface area contributed by atoms with Crippen LogP contribution in [0.2, 0.25) is 0 Å². The summed E-state index contributed by atoms with van der Waals surface area (Å²) in [6.07, 6.45) is 63.5. The van der Waals surface area contributed by atoms with Crippen LogP contribution in [-0.2, 0) is 12.8 Å². The third-order valence-corrected chi connectivity index (χ3v) is 19.0. The molecule has 2 saturated heterocycles. The summed E-state index contributed by atoms with van der Waals surface area (Å²) in [5.74, 6) is 2.93. The van der Waals surface area contributed by atoms with Crippen molar-refractivity contribution in [2.75, 3.05) is 0 Å². The van der Waals surface area contributed by atoms with Gasteiger partial charge in [-0.15, -0.1) is 11.8 Å². The number of aromatic nitrogens is 1. The van der Waals surface area contributed by atoms with Crippen LogP contribution in [0.3, 0.4) is 0 Å². The van der Waals surface area contributed by atoms with E-state index in [-0.39, 0.29) is 24.4 Å². The van der Waals surface area contributed by atoms with Crippen molar-refractivity contribution >= 4 is 29.2 Å². The van der Waals surface area contributed by atoms with Gasteiger partial charge < -0.3 is 15.2 Å². The second-order valence-electron chi connectivity index (χ2n) is 20.7. The molecule has 4 heterocycles. The van der Waals surface area contributed by atoms with E-state index in [9.17, 15) is 0 Å². The van der Waals surface area contributed by atoms with Crippen molar-refractivity contribution in [3.63, 3.8) is 0 Å². The lowest BCUT2D eigenvalue weighted by molar-refractivity contribution is 0.117. The molecule has 0 aromatic carbocycles. The molecule has 330 valence electrons. The zero-order valence-corrected chi connectivity index (χ0v) is 38.2. The average molecular weight is 867 g/mol. The molecule has 1 aromatic heterocycles. The predicted octanol–water partition coefficient (Wildman–Crippen LogP) is 10.9. The predicted molar refractivity (Wildman–Crippen MR) is 266 cm³/mol. The molecule has 0 radical (unpaired) electrons. The Morgan fingerprint density at radius 1 is 0.672 bits per heavy atom. The van der Waals surface area contributed by atoms with Crippen molar-refractivity contribution in [3.05, 3.63) is 160 Å². The van der Waals surface area contributed by atoms with Crippen molar-refractivity contribution < 1.29 is 0 Å². The Kier molecular flexibility index (Phi) is 10.4. The van der Waals surface area contributed by atoms with Gasteiger partial charge in [0.25, 0.3) is 0 Å². The fourth-order valence-electron chi connectivity index (χ4n) is 14.4. The average Bonchev–Trinajstić information content (AvgIpc) is 4.02. The molecular weight excluding hydrogens is 801 g/mol. The first-order chi connectivity index (χ1) is 31.7. The van der Waals surface area contributed by atoms with E-state index in [2.05, 4.69) is 153 Å². The molecule has 3 aliphatic heterocycles.